The average molecular weight is 780 g/mol. The summed E-state index contributed by atoms with van der Waals surface area (Å²) >= 11 is 0. The standard InChI is InChI=1S/C39H53N7O10/c1-25-8-9-28-30(21-25)41-31(22-33(28)55-24-34(47)46-12-4-7-32(46)37(50)40-27-5-3-6-27)36(49)42-29(38(51)44-13-15-45(16-14-44)39(52)53)10-11-35(48)56-26(2)23-43-17-19-54-20-18-43/h8-9,21-22,26-27,29,32H,3-7,10-20,23-24H2,1-2H3,(H,40,50)(H,42,49)(H,52,53)/t26?,29-,32-/m0/s1. The molecule has 3 atom stereocenters. The number of hydrogen-bond donors (Lipinski definition) is 3. The van der Waals surface area contributed by atoms with E-state index in [0.29, 0.717) is 50.0 Å². The van der Waals surface area contributed by atoms with Crippen LogP contribution in [0.2, 0.25) is 0 Å². The Kier molecular flexibility index (Phi) is 13.6. The molecule has 17 heteroatoms. The first kappa shape index (κ1) is 40.6. The average Bonchev–Trinajstić information content (AvgIpc) is 3.67. The number of pyridine rings is 1. The number of amides is 5. The number of piperazine rings is 1. The maximum Gasteiger partial charge on any atom is 0.407 e. The molecule has 3 saturated heterocycles. The van der Waals surface area contributed by atoms with E-state index in [1.54, 1.807) is 24.0 Å². The van der Waals surface area contributed by atoms with Crippen molar-refractivity contribution in [1.82, 2.24) is 35.2 Å². The summed E-state index contributed by atoms with van der Waals surface area (Å²) in [4.78, 5) is 89.7. The van der Waals surface area contributed by atoms with Crippen LogP contribution in [0.4, 0.5) is 4.79 Å². The highest BCUT2D eigenvalue weighted by Gasteiger charge is 2.36. The Morgan fingerprint density at radius 1 is 0.946 bits per heavy atom. The fourth-order valence-corrected chi connectivity index (χ4v) is 7.51. The summed E-state index contributed by atoms with van der Waals surface area (Å²) in [5.74, 6) is -1.94. The largest absolute Gasteiger partial charge is 0.483 e. The molecule has 4 fully saturated rings. The van der Waals surface area contributed by atoms with E-state index in [2.05, 4.69) is 20.5 Å². The molecule has 17 nitrogen and oxygen atoms in total. The molecule has 3 aliphatic heterocycles. The Morgan fingerprint density at radius 3 is 2.38 bits per heavy atom. The Bertz CT molecular complexity index is 1770. The zero-order valence-corrected chi connectivity index (χ0v) is 32.2. The number of carboxylic acid groups (broad SMARTS) is 1. The molecule has 0 bridgehead atoms. The van der Waals surface area contributed by atoms with Crippen LogP contribution in [-0.2, 0) is 28.7 Å². The van der Waals surface area contributed by atoms with Gasteiger partial charge >= 0.3 is 12.1 Å². The molecule has 304 valence electrons. The van der Waals surface area contributed by atoms with Crippen LogP contribution in [-0.4, -0.2) is 162 Å². The van der Waals surface area contributed by atoms with Crippen LogP contribution < -0.4 is 15.4 Å². The van der Waals surface area contributed by atoms with Crippen molar-refractivity contribution < 1.29 is 48.1 Å². The molecule has 5 amide bonds. The SMILES string of the molecule is Cc1ccc2c(OCC(=O)N3CCC[C@H]3C(=O)NC3CCC3)cc(C(=O)N[C@@H](CCC(=O)OC(C)CN3CCOCC3)C(=O)N3CCN(C(=O)O)CC3)nc2c1. The molecular weight excluding hydrogens is 726 g/mol. The lowest BCUT2D eigenvalue weighted by molar-refractivity contribution is -0.150. The van der Waals surface area contributed by atoms with E-state index in [1.165, 1.54) is 15.9 Å². The normalized spacial score (nSPS) is 20.2. The highest BCUT2D eigenvalue weighted by atomic mass is 16.5. The fraction of sp³-hybridized carbons (Fsp3) is 0.615. The number of likely N-dealkylation sites (tertiary alicyclic amines) is 1. The molecule has 4 heterocycles. The van der Waals surface area contributed by atoms with E-state index in [-0.39, 0.29) is 74.9 Å². The number of aryl methyl sites for hydroxylation is 1. The van der Waals surface area contributed by atoms with Gasteiger partial charge in [-0.1, -0.05) is 6.07 Å². The molecule has 1 aromatic heterocycles. The molecule has 1 aliphatic carbocycles. The van der Waals surface area contributed by atoms with Crippen LogP contribution in [0.15, 0.2) is 24.3 Å². The first-order valence-electron chi connectivity index (χ1n) is 19.7. The number of fused-ring (bicyclic) bond motifs is 1. The minimum Gasteiger partial charge on any atom is -0.483 e. The summed E-state index contributed by atoms with van der Waals surface area (Å²) in [6.07, 6.45) is 2.55. The van der Waals surface area contributed by atoms with Gasteiger partial charge in [0.2, 0.25) is 11.8 Å². The Labute approximate surface area is 326 Å². The van der Waals surface area contributed by atoms with Crippen LogP contribution in [0.1, 0.15) is 67.9 Å². The Morgan fingerprint density at radius 2 is 1.68 bits per heavy atom. The van der Waals surface area contributed by atoms with E-state index in [9.17, 15) is 33.9 Å². The molecule has 6 rings (SSSR count). The Hall–Kier alpha value is -5.03. The smallest absolute Gasteiger partial charge is 0.407 e. The van der Waals surface area contributed by atoms with Crippen molar-refractivity contribution in [2.75, 3.05) is 72.2 Å². The highest BCUT2D eigenvalue weighted by molar-refractivity contribution is 5.99. The molecule has 1 aromatic carbocycles. The van der Waals surface area contributed by atoms with E-state index >= 15 is 0 Å². The zero-order valence-electron chi connectivity index (χ0n) is 32.2. The lowest BCUT2D eigenvalue weighted by Crippen LogP contribution is -2.55. The molecule has 0 radical (unpaired) electrons. The maximum absolute atomic E-state index is 14.0. The van der Waals surface area contributed by atoms with Crippen LogP contribution in [0.25, 0.3) is 10.9 Å². The number of carbonyl (C=O) groups is 6. The summed E-state index contributed by atoms with van der Waals surface area (Å²) in [5.41, 5.74) is 1.24. The molecular formula is C39H53N7O10. The van der Waals surface area contributed by atoms with Gasteiger partial charge in [0.1, 0.15) is 29.6 Å². The van der Waals surface area contributed by atoms with Crippen LogP contribution in [0, 0.1) is 6.92 Å². The zero-order chi connectivity index (χ0) is 39.8. The van der Waals surface area contributed by atoms with Gasteiger partial charge in [-0.05, 0) is 70.1 Å². The van der Waals surface area contributed by atoms with Crippen molar-refractivity contribution in [1.29, 1.82) is 0 Å². The third kappa shape index (κ3) is 10.4. The fourth-order valence-electron chi connectivity index (χ4n) is 7.51. The number of aromatic nitrogens is 1. The van der Waals surface area contributed by atoms with Gasteiger partial charge in [0.15, 0.2) is 6.61 Å². The number of morpholine rings is 1. The van der Waals surface area contributed by atoms with Gasteiger partial charge in [0.05, 0.1) is 18.7 Å². The molecule has 1 saturated carbocycles. The van der Waals surface area contributed by atoms with Crippen molar-refractivity contribution >= 4 is 46.6 Å². The minimum absolute atomic E-state index is 0.0668. The van der Waals surface area contributed by atoms with Gasteiger partial charge in [0, 0.05) is 76.3 Å². The molecule has 3 N–H and O–H groups in total. The lowest BCUT2D eigenvalue weighted by atomic mass is 9.93. The number of nitrogens with one attached hydrogen (secondary N) is 2. The predicted octanol–water partition coefficient (Wildman–Crippen LogP) is 1.55. The number of ether oxygens (including phenoxy) is 3. The number of rotatable bonds is 14. The molecule has 4 aliphatic rings. The van der Waals surface area contributed by atoms with Gasteiger partial charge in [-0.3, -0.25) is 28.9 Å². The molecule has 1 unspecified atom stereocenters. The van der Waals surface area contributed by atoms with Gasteiger partial charge in [-0.2, -0.15) is 0 Å². The van der Waals surface area contributed by atoms with Gasteiger partial charge < -0.3 is 44.7 Å². The minimum atomic E-state index is -1.15. The number of nitrogens with zero attached hydrogens (tertiary/aromatic N) is 5. The van der Waals surface area contributed by atoms with E-state index in [1.807, 2.05) is 13.0 Å². The van der Waals surface area contributed by atoms with Crippen molar-refractivity contribution in [3.8, 4) is 5.75 Å². The van der Waals surface area contributed by atoms with E-state index in [4.69, 9.17) is 14.2 Å². The second-order valence-electron chi connectivity index (χ2n) is 15.1. The van der Waals surface area contributed by atoms with Crippen LogP contribution in [0.3, 0.4) is 0 Å². The van der Waals surface area contributed by atoms with Gasteiger partial charge in [-0.15, -0.1) is 0 Å². The van der Waals surface area contributed by atoms with Crippen molar-refractivity contribution in [2.24, 2.45) is 0 Å². The van der Waals surface area contributed by atoms with Crippen LogP contribution in [0.5, 0.6) is 5.75 Å². The number of esters is 1. The van der Waals surface area contributed by atoms with Gasteiger partial charge in [0.25, 0.3) is 11.8 Å². The third-order valence-corrected chi connectivity index (χ3v) is 10.9. The number of carbonyl (C=O) groups excluding carboxylic acids is 5. The molecule has 0 spiro atoms. The third-order valence-electron chi connectivity index (χ3n) is 10.9. The monoisotopic (exact) mass is 779 g/mol. The predicted molar refractivity (Wildman–Crippen MR) is 202 cm³/mol. The summed E-state index contributed by atoms with van der Waals surface area (Å²) in [5, 5.41) is 15.8. The molecule has 2 aromatic rings. The highest BCUT2D eigenvalue weighted by Crippen LogP contribution is 2.28. The second kappa shape index (κ2) is 18.7. The van der Waals surface area contributed by atoms with Gasteiger partial charge in [-0.25, -0.2) is 9.78 Å². The summed E-state index contributed by atoms with van der Waals surface area (Å²) < 4.78 is 17.1. The summed E-state index contributed by atoms with van der Waals surface area (Å²) in [7, 11) is 0. The van der Waals surface area contributed by atoms with Crippen LogP contribution >= 0.6 is 0 Å². The van der Waals surface area contributed by atoms with E-state index in [0.717, 1.165) is 37.9 Å². The quantitative estimate of drug-likeness (QED) is 0.234. The van der Waals surface area contributed by atoms with Crippen molar-refractivity contribution in [3.63, 3.8) is 0 Å². The van der Waals surface area contributed by atoms with Crippen molar-refractivity contribution in [3.05, 3.63) is 35.5 Å². The lowest BCUT2D eigenvalue weighted by Gasteiger charge is -2.35. The van der Waals surface area contributed by atoms with E-state index < -0.39 is 42.1 Å². The topological polar surface area (TPSA) is 200 Å². The van der Waals surface area contributed by atoms with Crippen molar-refractivity contribution in [2.45, 2.75) is 83.0 Å². The number of hydrogen-bond acceptors (Lipinski definition) is 11. The Balaban J connectivity index is 1.15. The molecule has 56 heavy (non-hydrogen) atoms. The second-order valence-corrected chi connectivity index (χ2v) is 15.1. The summed E-state index contributed by atoms with van der Waals surface area (Å²) in [6, 6.07) is 5.29. The number of benzene rings is 1. The first-order chi connectivity index (χ1) is 26.9. The first-order valence-corrected chi connectivity index (χ1v) is 19.7. The maximum atomic E-state index is 14.0. The summed E-state index contributed by atoms with van der Waals surface area (Å²) in [6.45, 7) is 7.46.